The van der Waals surface area contributed by atoms with E-state index >= 15 is 0 Å². The summed E-state index contributed by atoms with van der Waals surface area (Å²) in [6, 6.07) is 17.9. The van der Waals surface area contributed by atoms with Crippen molar-refractivity contribution in [2.45, 2.75) is 19.4 Å². The lowest BCUT2D eigenvalue weighted by molar-refractivity contribution is 0.554. The SMILES string of the molecule is Cn1cc(-c2cc(-c3ccc4[nH]ncc4c3)ccn2)n(-c2ccc(C(C)(C)N)cc2)c1=O. The quantitative estimate of drug-likeness (QED) is 0.456. The van der Waals surface area contributed by atoms with E-state index in [9.17, 15) is 4.79 Å². The van der Waals surface area contributed by atoms with E-state index in [4.69, 9.17) is 5.73 Å². The van der Waals surface area contributed by atoms with Crippen LogP contribution < -0.4 is 11.4 Å². The van der Waals surface area contributed by atoms with Crippen LogP contribution in [0.15, 0.2) is 78.0 Å². The van der Waals surface area contributed by atoms with Crippen molar-refractivity contribution >= 4 is 10.9 Å². The summed E-state index contributed by atoms with van der Waals surface area (Å²) in [5, 5.41) is 8.11. The minimum atomic E-state index is -0.449. The van der Waals surface area contributed by atoms with Crippen LogP contribution in [0.1, 0.15) is 19.4 Å². The summed E-state index contributed by atoms with van der Waals surface area (Å²) < 4.78 is 3.25. The molecular formula is C25H24N6O. The van der Waals surface area contributed by atoms with Gasteiger partial charge in [0.1, 0.15) is 0 Å². The van der Waals surface area contributed by atoms with Crippen LogP contribution in [0.3, 0.4) is 0 Å². The maximum atomic E-state index is 13.0. The van der Waals surface area contributed by atoms with Gasteiger partial charge in [-0.1, -0.05) is 18.2 Å². The highest BCUT2D eigenvalue weighted by Crippen LogP contribution is 2.28. The Morgan fingerprint density at radius 1 is 1.00 bits per heavy atom. The monoisotopic (exact) mass is 424 g/mol. The van der Waals surface area contributed by atoms with Gasteiger partial charge >= 0.3 is 5.69 Å². The highest BCUT2D eigenvalue weighted by molar-refractivity contribution is 5.84. The minimum Gasteiger partial charge on any atom is -0.322 e. The summed E-state index contributed by atoms with van der Waals surface area (Å²) >= 11 is 0. The number of hydrogen-bond donors (Lipinski definition) is 2. The molecule has 0 aliphatic carbocycles. The number of nitrogens with zero attached hydrogens (tertiary/aromatic N) is 4. The molecule has 0 unspecified atom stereocenters. The predicted octanol–water partition coefficient (Wildman–Crippen LogP) is 3.98. The van der Waals surface area contributed by atoms with Crippen LogP contribution >= 0.6 is 0 Å². The molecule has 0 aliphatic rings. The number of fused-ring (bicyclic) bond motifs is 1. The number of nitrogens with one attached hydrogen (secondary N) is 1. The molecule has 0 saturated heterocycles. The van der Waals surface area contributed by atoms with E-state index in [0.717, 1.165) is 44.7 Å². The summed E-state index contributed by atoms with van der Waals surface area (Å²) in [5.74, 6) is 0. The Labute approximate surface area is 185 Å². The second-order valence-corrected chi connectivity index (χ2v) is 8.61. The van der Waals surface area contributed by atoms with Crippen LogP contribution in [0, 0.1) is 0 Å². The first-order valence-electron chi connectivity index (χ1n) is 10.4. The fourth-order valence-electron chi connectivity index (χ4n) is 3.90. The lowest BCUT2D eigenvalue weighted by atomic mass is 9.95. The maximum absolute atomic E-state index is 13.0. The molecule has 0 radical (unpaired) electrons. The van der Waals surface area contributed by atoms with Crippen molar-refractivity contribution < 1.29 is 0 Å². The van der Waals surface area contributed by atoms with E-state index in [2.05, 4.69) is 21.2 Å². The lowest BCUT2D eigenvalue weighted by Gasteiger charge is -2.19. The van der Waals surface area contributed by atoms with Gasteiger partial charge in [0, 0.05) is 30.4 Å². The zero-order valence-corrected chi connectivity index (χ0v) is 18.2. The van der Waals surface area contributed by atoms with Gasteiger partial charge in [-0.2, -0.15) is 5.10 Å². The van der Waals surface area contributed by atoms with Crippen LogP contribution in [0.2, 0.25) is 0 Å². The van der Waals surface area contributed by atoms with Crippen molar-refractivity contribution in [3.8, 4) is 28.2 Å². The molecule has 0 aliphatic heterocycles. The Kier molecular flexibility index (Phi) is 4.56. The fourth-order valence-corrected chi connectivity index (χ4v) is 3.90. The van der Waals surface area contributed by atoms with Crippen LogP contribution in [0.25, 0.3) is 39.1 Å². The van der Waals surface area contributed by atoms with Crippen LogP contribution in [-0.2, 0) is 12.6 Å². The molecule has 3 N–H and O–H groups in total. The maximum Gasteiger partial charge on any atom is 0.333 e. The van der Waals surface area contributed by atoms with E-state index in [1.54, 1.807) is 22.4 Å². The van der Waals surface area contributed by atoms with E-state index in [-0.39, 0.29) is 5.69 Å². The summed E-state index contributed by atoms with van der Waals surface area (Å²) in [7, 11) is 1.75. The molecule has 160 valence electrons. The largest absolute Gasteiger partial charge is 0.333 e. The third-order valence-corrected chi connectivity index (χ3v) is 5.72. The molecule has 2 aromatic carbocycles. The van der Waals surface area contributed by atoms with Crippen LogP contribution in [0.4, 0.5) is 0 Å². The molecule has 5 rings (SSSR count). The molecule has 3 aromatic heterocycles. The molecule has 0 spiro atoms. The summed E-state index contributed by atoms with van der Waals surface area (Å²) in [4.78, 5) is 17.6. The first-order valence-corrected chi connectivity index (χ1v) is 10.4. The van der Waals surface area contributed by atoms with Gasteiger partial charge in [-0.25, -0.2) is 4.79 Å². The second-order valence-electron chi connectivity index (χ2n) is 8.61. The number of aromatic amines is 1. The number of rotatable bonds is 4. The van der Waals surface area contributed by atoms with Gasteiger partial charge < -0.3 is 10.3 Å². The van der Waals surface area contributed by atoms with Crippen LogP contribution in [-0.4, -0.2) is 24.3 Å². The molecule has 0 saturated carbocycles. The molecular weight excluding hydrogens is 400 g/mol. The predicted molar refractivity (Wildman–Crippen MR) is 127 cm³/mol. The van der Waals surface area contributed by atoms with E-state index in [0.29, 0.717) is 0 Å². The van der Waals surface area contributed by atoms with Gasteiger partial charge in [0.15, 0.2) is 0 Å². The van der Waals surface area contributed by atoms with Crippen molar-refractivity contribution in [3.05, 3.63) is 89.2 Å². The highest BCUT2D eigenvalue weighted by atomic mass is 16.1. The molecule has 0 bridgehead atoms. The van der Waals surface area contributed by atoms with Gasteiger partial charge in [-0.3, -0.25) is 14.6 Å². The Morgan fingerprint density at radius 2 is 1.75 bits per heavy atom. The topological polar surface area (TPSA) is 94.5 Å². The summed E-state index contributed by atoms with van der Waals surface area (Å²) in [6.07, 6.45) is 5.39. The highest BCUT2D eigenvalue weighted by Gasteiger charge is 2.17. The number of nitrogens with two attached hydrogens (primary N) is 1. The van der Waals surface area contributed by atoms with E-state index in [1.165, 1.54) is 0 Å². The zero-order valence-electron chi connectivity index (χ0n) is 18.2. The molecule has 5 aromatic rings. The third kappa shape index (κ3) is 3.42. The first-order chi connectivity index (χ1) is 15.3. The molecule has 7 heteroatoms. The number of imidazole rings is 1. The summed E-state index contributed by atoms with van der Waals surface area (Å²) in [6.45, 7) is 3.91. The Bertz CT molecular complexity index is 1480. The van der Waals surface area contributed by atoms with Gasteiger partial charge in [0.05, 0.1) is 28.8 Å². The number of hydrogen-bond acceptors (Lipinski definition) is 4. The smallest absolute Gasteiger partial charge is 0.322 e. The second kappa shape index (κ2) is 7.32. The van der Waals surface area contributed by atoms with Gasteiger partial charge in [-0.15, -0.1) is 0 Å². The number of aryl methyl sites for hydroxylation is 1. The van der Waals surface area contributed by atoms with Crippen molar-refractivity contribution in [2.24, 2.45) is 12.8 Å². The van der Waals surface area contributed by atoms with Gasteiger partial charge in [0.25, 0.3) is 0 Å². The molecule has 0 fully saturated rings. The molecule has 32 heavy (non-hydrogen) atoms. The van der Waals surface area contributed by atoms with E-state index < -0.39 is 5.54 Å². The molecule has 7 nitrogen and oxygen atoms in total. The van der Waals surface area contributed by atoms with Crippen molar-refractivity contribution in [2.75, 3.05) is 0 Å². The first kappa shape index (κ1) is 20.0. The fraction of sp³-hybridized carbons (Fsp3) is 0.160. The number of aromatic nitrogens is 5. The lowest BCUT2D eigenvalue weighted by Crippen LogP contribution is -2.28. The zero-order chi connectivity index (χ0) is 22.5. The average molecular weight is 425 g/mol. The summed E-state index contributed by atoms with van der Waals surface area (Å²) in [5.41, 5.74) is 11.9. The van der Waals surface area contributed by atoms with Gasteiger partial charge in [-0.05, 0) is 66.9 Å². The molecule has 3 heterocycles. The number of benzene rings is 2. The number of H-pyrrole nitrogens is 1. The Balaban J connectivity index is 1.61. The van der Waals surface area contributed by atoms with Crippen molar-refractivity contribution in [1.82, 2.24) is 24.3 Å². The minimum absolute atomic E-state index is 0.133. The third-order valence-electron chi connectivity index (χ3n) is 5.72. The molecule has 0 atom stereocenters. The van der Waals surface area contributed by atoms with Crippen molar-refractivity contribution in [1.29, 1.82) is 0 Å². The van der Waals surface area contributed by atoms with E-state index in [1.807, 2.05) is 74.8 Å². The Hall–Kier alpha value is -3.97. The number of pyridine rings is 1. The van der Waals surface area contributed by atoms with Crippen molar-refractivity contribution in [3.63, 3.8) is 0 Å². The van der Waals surface area contributed by atoms with Crippen LogP contribution in [0.5, 0.6) is 0 Å². The molecule has 0 amide bonds. The van der Waals surface area contributed by atoms with Gasteiger partial charge in [0.2, 0.25) is 0 Å². The average Bonchev–Trinajstić information content (AvgIpc) is 3.37. The Morgan fingerprint density at radius 3 is 2.50 bits per heavy atom. The standard InChI is InChI=1S/C25H24N6O/c1-25(2,26)19-5-7-20(8-6-19)31-23(15-30(3)24(31)32)22-13-17(10-11-27-22)16-4-9-21-18(12-16)14-28-29-21/h4-15H,26H2,1-3H3,(H,28,29). The normalized spacial score (nSPS) is 11.9.